The maximum Gasteiger partial charge on any atom is 0.121 e. The number of morpholine rings is 1. The number of fused-ring (bicyclic) bond motifs is 1. The van der Waals surface area contributed by atoms with E-state index in [9.17, 15) is 0 Å². The molecule has 0 amide bonds. The van der Waals surface area contributed by atoms with E-state index < -0.39 is 0 Å². The van der Waals surface area contributed by atoms with Crippen molar-refractivity contribution in [2.75, 3.05) is 19.7 Å². The molecule has 2 aliphatic heterocycles. The average molecular weight is 156 g/mol. The van der Waals surface area contributed by atoms with Gasteiger partial charge < -0.3 is 10.5 Å². The predicted molar refractivity (Wildman–Crippen MR) is 43.1 cm³/mol. The Bertz CT molecular complexity index is 138. The van der Waals surface area contributed by atoms with Crippen LogP contribution >= 0.6 is 0 Å². The highest BCUT2D eigenvalue weighted by atomic mass is 16.5. The first-order valence-corrected chi connectivity index (χ1v) is 4.49. The zero-order valence-corrected chi connectivity index (χ0v) is 6.83. The number of hydrogen-bond donors (Lipinski definition) is 1. The minimum atomic E-state index is -0.0240. The molecule has 2 atom stereocenters. The van der Waals surface area contributed by atoms with E-state index in [1.165, 1.54) is 25.8 Å². The highest BCUT2D eigenvalue weighted by molar-refractivity contribution is 4.83. The van der Waals surface area contributed by atoms with Crippen molar-refractivity contribution in [2.24, 2.45) is 5.73 Å². The van der Waals surface area contributed by atoms with Crippen LogP contribution in [0.4, 0.5) is 0 Å². The van der Waals surface area contributed by atoms with E-state index in [1.54, 1.807) is 0 Å². The molecule has 3 nitrogen and oxygen atoms in total. The van der Waals surface area contributed by atoms with Gasteiger partial charge in [0.05, 0.1) is 6.61 Å². The second-order valence-corrected chi connectivity index (χ2v) is 3.43. The van der Waals surface area contributed by atoms with Crippen molar-refractivity contribution in [3.63, 3.8) is 0 Å². The molecular weight excluding hydrogens is 140 g/mol. The minimum absolute atomic E-state index is 0.0240. The third-order valence-electron chi connectivity index (χ3n) is 2.73. The smallest absolute Gasteiger partial charge is 0.121 e. The molecule has 0 aromatic rings. The third kappa shape index (κ3) is 1.41. The van der Waals surface area contributed by atoms with Crippen LogP contribution in [0.2, 0.25) is 0 Å². The quantitative estimate of drug-likeness (QED) is 0.543. The standard InChI is InChI=1S/C8H16N2O/c9-8-7-3-1-2-4-10(7)5-6-11-8/h7-8H,1-6,9H2. The Morgan fingerprint density at radius 2 is 2.18 bits per heavy atom. The van der Waals surface area contributed by atoms with Crippen molar-refractivity contribution in [3.8, 4) is 0 Å². The summed E-state index contributed by atoms with van der Waals surface area (Å²) >= 11 is 0. The number of ether oxygens (including phenoxy) is 1. The normalized spacial score (nSPS) is 40.1. The van der Waals surface area contributed by atoms with Crippen molar-refractivity contribution in [1.82, 2.24) is 4.90 Å². The van der Waals surface area contributed by atoms with Crippen molar-refractivity contribution < 1.29 is 4.74 Å². The molecule has 64 valence electrons. The van der Waals surface area contributed by atoms with Gasteiger partial charge >= 0.3 is 0 Å². The van der Waals surface area contributed by atoms with Gasteiger partial charge in [0.1, 0.15) is 6.23 Å². The molecule has 2 unspecified atom stereocenters. The van der Waals surface area contributed by atoms with Gasteiger partial charge in [-0.15, -0.1) is 0 Å². The van der Waals surface area contributed by atoms with E-state index in [0.717, 1.165) is 13.2 Å². The second-order valence-electron chi connectivity index (χ2n) is 3.43. The monoisotopic (exact) mass is 156 g/mol. The van der Waals surface area contributed by atoms with Crippen molar-refractivity contribution in [2.45, 2.75) is 31.5 Å². The van der Waals surface area contributed by atoms with Crippen LogP contribution in [-0.4, -0.2) is 36.9 Å². The molecule has 0 saturated carbocycles. The Kier molecular flexibility index (Phi) is 2.11. The molecule has 0 aromatic heterocycles. The fourth-order valence-electron chi connectivity index (χ4n) is 2.08. The molecule has 2 aliphatic rings. The largest absolute Gasteiger partial charge is 0.361 e. The molecule has 0 aromatic carbocycles. The first kappa shape index (κ1) is 7.53. The van der Waals surface area contributed by atoms with E-state index in [4.69, 9.17) is 10.5 Å². The van der Waals surface area contributed by atoms with Gasteiger partial charge in [-0.25, -0.2) is 0 Å². The molecule has 2 heterocycles. The molecule has 2 fully saturated rings. The van der Waals surface area contributed by atoms with Gasteiger partial charge in [0.25, 0.3) is 0 Å². The maximum atomic E-state index is 5.83. The number of piperidine rings is 1. The number of hydrogen-bond acceptors (Lipinski definition) is 3. The summed E-state index contributed by atoms with van der Waals surface area (Å²) in [5, 5.41) is 0. The van der Waals surface area contributed by atoms with Crippen molar-refractivity contribution in [3.05, 3.63) is 0 Å². The van der Waals surface area contributed by atoms with Crippen LogP contribution in [0.25, 0.3) is 0 Å². The lowest BCUT2D eigenvalue weighted by Crippen LogP contribution is -2.56. The Labute approximate surface area is 67.5 Å². The van der Waals surface area contributed by atoms with Crippen LogP contribution < -0.4 is 5.73 Å². The van der Waals surface area contributed by atoms with E-state index in [1.807, 2.05) is 0 Å². The summed E-state index contributed by atoms with van der Waals surface area (Å²) in [7, 11) is 0. The van der Waals surface area contributed by atoms with Gasteiger partial charge in [0, 0.05) is 12.6 Å². The zero-order chi connectivity index (χ0) is 7.68. The summed E-state index contributed by atoms with van der Waals surface area (Å²) < 4.78 is 5.38. The topological polar surface area (TPSA) is 38.5 Å². The Balaban J connectivity index is 1.99. The van der Waals surface area contributed by atoms with Crippen molar-refractivity contribution in [1.29, 1.82) is 0 Å². The molecular formula is C8H16N2O. The lowest BCUT2D eigenvalue weighted by molar-refractivity contribution is -0.0801. The maximum absolute atomic E-state index is 5.83. The molecule has 0 bridgehead atoms. The SMILES string of the molecule is NC1OCCN2CCCCC12. The number of nitrogens with zero attached hydrogens (tertiary/aromatic N) is 1. The lowest BCUT2D eigenvalue weighted by Gasteiger charge is -2.42. The summed E-state index contributed by atoms with van der Waals surface area (Å²) in [5.41, 5.74) is 5.83. The highest BCUT2D eigenvalue weighted by Gasteiger charge is 2.31. The predicted octanol–water partition coefficient (Wildman–Crippen LogP) is 0.156. The number of nitrogens with two attached hydrogens (primary N) is 1. The van der Waals surface area contributed by atoms with Crippen LogP contribution in [0.15, 0.2) is 0 Å². The molecule has 0 aliphatic carbocycles. The van der Waals surface area contributed by atoms with Gasteiger partial charge in [-0.1, -0.05) is 6.42 Å². The van der Waals surface area contributed by atoms with Gasteiger partial charge in [-0.2, -0.15) is 0 Å². The van der Waals surface area contributed by atoms with E-state index in [2.05, 4.69) is 4.90 Å². The molecule has 2 rings (SSSR count). The van der Waals surface area contributed by atoms with Crippen LogP contribution in [0, 0.1) is 0 Å². The summed E-state index contributed by atoms with van der Waals surface area (Å²) in [5.74, 6) is 0. The molecule has 3 heteroatoms. The number of rotatable bonds is 0. The van der Waals surface area contributed by atoms with Crippen molar-refractivity contribution >= 4 is 0 Å². The van der Waals surface area contributed by atoms with Crippen LogP contribution in [0.5, 0.6) is 0 Å². The molecule has 0 spiro atoms. The summed E-state index contributed by atoms with van der Waals surface area (Å²) in [6.07, 6.45) is 3.85. The summed E-state index contributed by atoms with van der Waals surface area (Å²) in [6.45, 7) is 3.12. The fourth-order valence-corrected chi connectivity index (χ4v) is 2.08. The molecule has 11 heavy (non-hydrogen) atoms. The van der Waals surface area contributed by atoms with E-state index in [-0.39, 0.29) is 6.23 Å². The van der Waals surface area contributed by atoms with E-state index in [0.29, 0.717) is 6.04 Å². The summed E-state index contributed by atoms with van der Waals surface area (Å²) in [6, 6.07) is 0.512. The zero-order valence-electron chi connectivity index (χ0n) is 6.83. The van der Waals surface area contributed by atoms with Gasteiger partial charge in [-0.3, -0.25) is 4.90 Å². The first-order chi connectivity index (χ1) is 5.38. The molecule has 2 N–H and O–H groups in total. The molecule has 0 radical (unpaired) electrons. The van der Waals surface area contributed by atoms with Gasteiger partial charge in [0.15, 0.2) is 0 Å². The van der Waals surface area contributed by atoms with Gasteiger partial charge in [-0.05, 0) is 19.4 Å². The van der Waals surface area contributed by atoms with Crippen LogP contribution in [0.1, 0.15) is 19.3 Å². The highest BCUT2D eigenvalue weighted by Crippen LogP contribution is 2.21. The Morgan fingerprint density at radius 3 is 3.00 bits per heavy atom. The van der Waals surface area contributed by atoms with Gasteiger partial charge in [0.2, 0.25) is 0 Å². The Hall–Kier alpha value is -0.120. The second kappa shape index (κ2) is 3.09. The minimum Gasteiger partial charge on any atom is -0.361 e. The third-order valence-corrected chi connectivity index (χ3v) is 2.73. The summed E-state index contributed by atoms with van der Waals surface area (Å²) in [4.78, 5) is 2.47. The fraction of sp³-hybridized carbons (Fsp3) is 1.00. The molecule has 2 saturated heterocycles. The Morgan fingerprint density at radius 1 is 1.27 bits per heavy atom. The van der Waals surface area contributed by atoms with Crippen LogP contribution in [-0.2, 0) is 4.74 Å². The first-order valence-electron chi connectivity index (χ1n) is 4.49. The van der Waals surface area contributed by atoms with Crippen LogP contribution in [0.3, 0.4) is 0 Å². The average Bonchev–Trinajstić information content (AvgIpc) is 2.06. The lowest BCUT2D eigenvalue weighted by atomic mass is 10.00. The van der Waals surface area contributed by atoms with E-state index >= 15 is 0 Å².